The fraction of sp³-hybridized carbons (Fsp3) is 0.619. The highest BCUT2D eigenvalue weighted by Crippen LogP contribution is 2.32. The molecule has 0 radical (unpaired) electrons. The van der Waals surface area contributed by atoms with Gasteiger partial charge in [0.15, 0.2) is 0 Å². The van der Waals surface area contributed by atoms with Gasteiger partial charge >= 0.3 is 0 Å². The number of carbonyl (C=O) groups excluding carboxylic acids is 2. The van der Waals surface area contributed by atoms with Gasteiger partial charge in [-0.05, 0) is 68.7 Å². The first-order valence-electron chi connectivity index (χ1n) is 10.2. The SMILES string of the molecule is O=C(CC1CC2CCC(C1)N2)Nc1ccc(C(=O)NC2CCOCC2)cc1. The Hall–Kier alpha value is -1.92. The Morgan fingerprint density at radius 1 is 1.00 bits per heavy atom. The largest absolute Gasteiger partial charge is 0.381 e. The molecule has 3 aliphatic heterocycles. The maximum absolute atomic E-state index is 12.4. The molecular weight excluding hydrogens is 342 g/mol. The molecule has 6 heteroatoms. The fourth-order valence-electron chi connectivity index (χ4n) is 4.63. The van der Waals surface area contributed by atoms with Crippen molar-refractivity contribution in [2.45, 2.75) is 63.1 Å². The molecule has 3 saturated heterocycles. The molecule has 1 aromatic carbocycles. The van der Waals surface area contributed by atoms with Crippen molar-refractivity contribution in [2.75, 3.05) is 18.5 Å². The summed E-state index contributed by atoms with van der Waals surface area (Å²) in [6.07, 6.45) is 7.02. The molecule has 146 valence electrons. The molecule has 2 unspecified atom stereocenters. The van der Waals surface area contributed by atoms with Crippen LogP contribution in [-0.2, 0) is 9.53 Å². The number of fused-ring (bicyclic) bond motifs is 2. The van der Waals surface area contributed by atoms with Crippen molar-refractivity contribution in [1.82, 2.24) is 10.6 Å². The number of ether oxygens (including phenoxy) is 1. The van der Waals surface area contributed by atoms with Crippen molar-refractivity contribution in [3.8, 4) is 0 Å². The van der Waals surface area contributed by atoms with Crippen LogP contribution < -0.4 is 16.0 Å². The highest BCUT2D eigenvalue weighted by molar-refractivity contribution is 5.96. The van der Waals surface area contributed by atoms with Crippen LogP contribution in [0.15, 0.2) is 24.3 Å². The number of piperidine rings is 1. The van der Waals surface area contributed by atoms with Crippen LogP contribution in [0.2, 0.25) is 0 Å². The van der Waals surface area contributed by atoms with E-state index in [0.29, 0.717) is 43.2 Å². The predicted octanol–water partition coefficient (Wildman–Crippen LogP) is 2.45. The Bertz CT molecular complexity index is 658. The molecule has 0 saturated carbocycles. The van der Waals surface area contributed by atoms with Gasteiger partial charge in [0.05, 0.1) is 0 Å². The average molecular weight is 371 g/mol. The number of rotatable bonds is 5. The van der Waals surface area contributed by atoms with Gasteiger partial charge in [0.25, 0.3) is 5.91 Å². The van der Waals surface area contributed by atoms with E-state index in [2.05, 4.69) is 16.0 Å². The molecule has 3 aliphatic rings. The minimum atomic E-state index is -0.0649. The number of hydrogen-bond donors (Lipinski definition) is 3. The smallest absolute Gasteiger partial charge is 0.251 e. The fourth-order valence-corrected chi connectivity index (χ4v) is 4.63. The molecule has 0 spiro atoms. The van der Waals surface area contributed by atoms with E-state index >= 15 is 0 Å². The van der Waals surface area contributed by atoms with E-state index in [0.717, 1.165) is 31.4 Å². The number of amides is 2. The van der Waals surface area contributed by atoms with Crippen LogP contribution in [0.5, 0.6) is 0 Å². The van der Waals surface area contributed by atoms with Crippen LogP contribution in [-0.4, -0.2) is 43.2 Å². The van der Waals surface area contributed by atoms with Gasteiger partial charge in [-0.2, -0.15) is 0 Å². The van der Waals surface area contributed by atoms with Gasteiger partial charge in [0, 0.05) is 49.0 Å². The van der Waals surface area contributed by atoms with Crippen LogP contribution in [0.25, 0.3) is 0 Å². The third kappa shape index (κ3) is 4.87. The summed E-state index contributed by atoms with van der Waals surface area (Å²) in [6.45, 7) is 1.41. The maximum atomic E-state index is 12.4. The summed E-state index contributed by atoms with van der Waals surface area (Å²) in [5.74, 6) is 0.485. The van der Waals surface area contributed by atoms with E-state index in [1.54, 1.807) is 12.1 Å². The number of carbonyl (C=O) groups is 2. The van der Waals surface area contributed by atoms with Crippen molar-refractivity contribution in [3.05, 3.63) is 29.8 Å². The van der Waals surface area contributed by atoms with Crippen molar-refractivity contribution in [1.29, 1.82) is 0 Å². The van der Waals surface area contributed by atoms with Crippen molar-refractivity contribution in [2.24, 2.45) is 5.92 Å². The monoisotopic (exact) mass is 371 g/mol. The van der Waals surface area contributed by atoms with E-state index in [1.165, 1.54) is 12.8 Å². The zero-order valence-corrected chi connectivity index (χ0v) is 15.7. The quantitative estimate of drug-likeness (QED) is 0.743. The van der Waals surface area contributed by atoms with Gasteiger partial charge in [-0.15, -0.1) is 0 Å². The van der Waals surface area contributed by atoms with Gasteiger partial charge in [-0.3, -0.25) is 9.59 Å². The summed E-state index contributed by atoms with van der Waals surface area (Å²) in [6, 6.07) is 8.56. The van der Waals surface area contributed by atoms with Gasteiger partial charge in [0.2, 0.25) is 5.91 Å². The molecule has 0 aromatic heterocycles. The second-order valence-corrected chi connectivity index (χ2v) is 8.17. The minimum Gasteiger partial charge on any atom is -0.381 e. The molecule has 6 nitrogen and oxygen atoms in total. The molecular formula is C21H29N3O3. The lowest BCUT2D eigenvalue weighted by Crippen LogP contribution is -2.39. The third-order valence-corrected chi connectivity index (χ3v) is 6.03. The number of hydrogen-bond acceptors (Lipinski definition) is 4. The predicted molar refractivity (Wildman–Crippen MR) is 104 cm³/mol. The van der Waals surface area contributed by atoms with E-state index in [1.807, 2.05) is 12.1 Å². The van der Waals surface area contributed by atoms with Gasteiger partial charge in [0.1, 0.15) is 0 Å². The van der Waals surface area contributed by atoms with E-state index < -0.39 is 0 Å². The zero-order chi connectivity index (χ0) is 18.6. The Balaban J connectivity index is 1.25. The van der Waals surface area contributed by atoms with Crippen molar-refractivity contribution in [3.63, 3.8) is 0 Å². The molecule has 0 aliphatic carbocycles. The summed E-state index contributed by atoms with van der Waals surface area (Å²) in [7, 11) is 0. The standard InChI is InChI=1S/C21H29N3O3/c25-20(13-14-11-18-5-6-19(12-14)22-18)23-16-3-1-15(2-4-16)21(26)24-17-7-9-27-10-8-17/h1-4,14,17-19,22H,5-13H2,(H,23,25)(H,24,26). The van der Waals surface area contributed by atoms with Gasteiger partial charge in [-0.25, -0.2) is 0 Å². The molecule has 3 fully saturated rings. The molecule has 2 amide bonds. The van der Waals surface area contributed by atoms with E-state index in [-0.39, 0.29) is 17.9 Å². The molecule has 4 rings (SSSR count). The average Bonchev–Trinajstić information content (AvgIpc) is 3.01. The first kappa shape index (κ1) is 18.4. The highest BCUT2D eigenvalue weighted by atomic mass is 16.5. The zero-order valence-electron chi connectivity index (χ0n) is 15.7. The Morgan fingerprint density at radius 2 is 1.67 bits per heavy atom. The summed E-state index contributed by atoms with van der Waals surface area (Å²) in [4.78, 5) is 24.7. The van der Waals surface area contributed by atoms with Crippen LogP contribution in [0.4, 0.5) is 5.69 Å². The van der Waals surface area contributed by atoms with E-state index in [9.17, 15) is 9.59 Å². The second kappa shape index (κ2) is 8.40. The summed E-state index contributed by atoms with van der Waals surface area (Å²) in [5, 5.41) is 9.64. The Kier molecular flexibility index (Phi) is 5.74. The highest BCUT2D eigenvalue weighted by Gasteiger charge is 2.34. The molecule has 1 aromatic rings. The maximum Gasteiger partial charge on any atom is 0.251 e. The number of anilines is 1. The lowest BCUT2D eigenvalue weighted by molar-refractivity contribution is -0.117. The molecule has 2 atom stereocenters. The second-order valence-electron chi connectivity index (χ2n) is 8.17. The van der Waals surface area contributed by atoms with E-state index in [4.69, 9.17) is 4.74 Å². The Labute approximate surface area is 160 Å². The first-order chi connectivity index (χ1) is 13.2. The Morgan fingerprint density at radius 3 is 2.33 bits per heavy atom. The van der Waals surface area contributed by atoms with Crippen LogP contribution in [0.1, 0.15) is 55.3 Å². The molecule has 3 heterocycles. The first-order valence-corrected chi connectivity index (χ1v) is 10.2. The summed E-state index contributed by atoms with van der Waals surface area (Å²) in [5.41, 5.74) is 1.37. The van der Waals surface area contributed by atoms with Crippen LogP contribution in [0, 0.1) is 5.92 Å². The lowest BCUT2D eigenvalue weighted by atomic mass is 9.89. The van der Waals surface area contributed by atoms with Crippen LogP contribution in [0.3, 0.4) is 0 Å². The number of benzene rings is 1. The number of nitrogens with one attached hydrogen (secondary N) is 3. The van der Waals surface area contributed by atoms with Crippen LogP contribution >= 0.6 is 0 Å². The van der Waals surface area contributed by atoms with Gasteiger partial charge in [-0.1, -0.05) is 0 Å². The topological polar surface area (TPSA) is 79.5 Å². The van der Waals surface area contributed by atoms with Gasteiger partial charge < -0.3 is 20.7 Å². The molecule has 2 bridgehead atoms. The summed E-state index contributed by atoms with van der Waals surface area (Å²) < 4.78 is 5.31. The molecule has 27 heavy (non-hydrogen) atoms. The lowest BCUT2D eigenvalue weighted by Gasteiger charge is -2.28. The van der Waals surface area contributed by atoms with Crippen molar-refractivity contribution < 1.29 is 14.3 Å². The third-order valence-electron chi connectivity index (χ3n) is 6.03. The normalized spacial score (nSPS) is 27.9. The minimum absolute atomic E-state index is 0.0649. The summed E-state index contributed by atoms with van der Waals surface area (Å²) >= 11 is 0. The van der Waals surface area contributed by atoms with Crippen molar-refractivity contribution >= 4 is 17.5 Å². The molecule has 3 N–H and O–H groups in total.